The van der Waals surface area contributed by atoms with Crippen LogP contribution in [0.5, 0.6) is 0 Å². The van der Waals surface area contributed by atoms with Gasteiger partial charge in [-0.25, -0.2) is 4.98 Å². The minimum atomic E-state index is -0.00926. The minimum Gasteiger partial charge on any atom is -0.328 e. The molecule has 0 radical (unpaired) electrons. The average molecular weight is 333 g/mol. The monoisotopic (exact) mass is 331 g/mol. The molecule has 0 aromatic carbocycles. The SMILES string of the molecule is N[C@@H]1CCCC(C(=O)Nc2cc(Br)c(Cl)cn2)C1. The van der Waals surface area contributed by atoms with Gasteiger partial charge in [-0.15, -0.1) is 0 Å². The molecule has 0 aliphatic heterocycles. The van der Waals surface area contributed by atoms with Crippen LogP contribution in [0.4, 0.5) is 5.82 Å². The molecule has 1 aromatic heterocycles. The van der Waals surface area contributed by atoms with Gasteiger partial charge in [0.2, 0.25) is 5.91 Å². The maximum Gasteiger partial charge on any atom is 0.228 e. The zero-order valence-electron chi connectivity index (χ0n) is 9.83. The summed E-state index contributed by atoms with van der Waals surface area (Å²) in [4.78, 5) is 16.1. The van der Waals surface area contributed by atoms with Gasteiger partial charge in [0, 0.05) is 22.6 Å². The van der Waals surface area contributed by atoms with Crippen LogP contribution >= 0.6 is 27.5 Å². The van der Waals surface area contributed by atoms with Gasteiger partial charge < -0.3 is 11.1 Å². The Morgan fingerprint density at radius 3 is 3.00 bits per heavy atom. The van der Waals surface area contributed by atoms with Crippen LogP contribution in [0.15, 0.2) is 16.7 Å². The molecule has 0 saturated heterocycles. The highest BCUT2D eigenvalue weighted by Gasteiger charge is 2.25. The van der Waals surface area contributed by atoms with Crippen LogP contribution in [0.3, 0.4) is 0 Å². The molecule has 1 fully saturated rings. The summed E-state index contributed by atoms with van der Waals surface area (Å²) in [7, 11) is 0. The molecule has 1 saturated carbocycles. The Morgan fingerprint density at radius 1 is 1.56 bits per heavy atom. The summed E-state index contributed by atoms with van der Waals surface area (Å²) in [6, 6.07) is 1.84. The Morgan fingerprint density at radius 2 is 2.33 bits per heavy atom. The van der Waals surface area contributed by atoms with E-state index in [1.165, 1.54) is 6.20 Å². The van der Waals surface area contributed by atoms with Crippen LogP contribution in [0.1, 0.15) is 25.7 Å². The Hall–Kier alpha value is -0.650. The summed E-state index contributed by atoms with van der Waals surface area (Å²) >= 11 is 9.14. The van der Waals surface area contributed by atoms with E-state index in [1.807, 2.05) is 0 Å². The Balaban J connectivity index is 2.00. The number of aromatic nitrogens is 1. The molecule has 6 heteroatoms. The van der Waals surface area contributed by atoms with Crippen molar-refractivity contribution in [3.05, 3.63) is 21.8 Å². The molecule has 0 spiro atoms. The number of nitrogens with one attached hydrogen (secondary N) is 1. The number of pyridine rings is 1. The summed E-state index contributed by atoms with van der Waals surface area (Å²) in [5.74, 6) is 0.493. The summed E-state index contributed by atoms with van der Waals surface area (Å²) in [5, 5.41) is 3.33. The third-order valence-corrected chi connectivity index (χ3v) is 4.33. The molecule has 1 aliphatic rings. The standard InChI is InChI=1S/C12H15BrClN3O/c13-9-5-11(16-6-10(9)14)17-12(18)7-2-1-3-8(15)4-7/h5-8H,1-4,15H2,(H,16,17,18)/t7?,8-/m1/s1. The van der Waals surface area contributed by atoms with Crippen molar-refractivity contribution in [3.63, 3.8) is 0 Å². The van der Waals surface area contributed by atoms with Crippen molar-refractivity contribution in [2.24, 2.45) is 11.7 Å². The molecule has 2 atom stereocenters. The third-order valence-electron chi connectivity index (χ3n) is 3.15. The third kappa shape index (κ3) is 3.43. The molecule has 4 nitrogen and oxygen atoms in total. The number of hydrogen-bond acceptors (Lipinski definition) is 3. The van der Waals surface area contributed by atoms with Gasteiger partial charge in [-0.1, -0.05) is 18.0 Å². The van der Waals surface area contributed by atoms with Crippen molar-refractivity contribution in [1.82, 2.24) is 4.98 Å². The van der Waals surface area contributed by atoms with Crippen LogP contribution in [-0.4, -0.2) is 16.9 Å². The number of carbonyl (C=O) groups is 1. The van der Waals surface area contributed by atoms with Gasteiger partial charge in [0.1, 0.15) is 5.82 Å². The van der Waals surface area contributed by atoms with E-state index in [9.17, 15) is 4.79 Å². The first-order chi connectivity index (χ1) is 8.56. The molecule has 0 bridgehead atoms. The van der Waals surface area contributed by atoms with E-state index in [1.54, 1.807) is 6.07 Å². The van der Waals surface area contributed by atoms with Crippen LogP contribution in [-0.2, 0) is 4.79 Å². The number of anilines is 1. The van der Waals surface area contributed by atoms with Crippen molar-refractivity contribution in [3.8, 4) is 0 Å². The summed E-state index contributed by atoms with van der Waals surface area (Å²) in [5.41, 5.74) is 5.88. The van der Waals surface area contributed by atoms with Crippen LogP contribution in [0.2, 0.25) is 5.02 Å². The van der Waals surface area contributed by atoms with Gasteiger partial charge in [0.15, 0.2) is 0 Å². The maximum absolute atomic E-state index is 12.1. The van der Waals surface area contributed by atoms with Gasteiger partial charge in [-0.2, -0.15) is 0 Å². The molecule has 2 rings (SSSR count). The Kier molecular flexibility index (Phi) is 4.59. The van der Waals surface area contributed by atoms with E-state index in [2.05, 4.69) is 26.2 Å². The number of hydrogen-bond donors (Lipinski definition) is 2. The number of nitrogens with zero attached hydrogens (tertiary/aromatic N) is 1. The molecule has 1 aromatic rings. The summed E-state index contributed by atoms with van der Waals surface area (Å²) in [6.07, 6.45) is 5.17. The van der Waals surface area contributed by atoms with E-state index in [0.717, 1.165) is 30.2 Å². The van der Waals surface area contributed by atoms with Crippen molar-refractivity contribution in [2.45, 2.75) is 31.7 Å². The molecular weight excluding hydrogens is 318 g/mol. The second kappa shape index (κ2) is 5.99. The highest BCUT2D eigenvalue weighted by molar-refractivity contribution is 9.10. The predicted molar refractivity (Wildman–Crippen MR) is 75.5 cm³/mol. The first-order valence-electron chi connectivity index (χ1n) is 5.93. The lowest BCUT2D eigenvalue weighted by Crippen LogP contribution is -2.34. The zero-order chi connectivity index (χ0) is 13.1. The fraction of sp³-hybridized carbons (Fsp3) is 0.500. The lowest BCUT2D eigenvalue weighted by molar-refractivity contribution is -0.120. The molecule has 1 heterocycles. The van der Waals surface area contributed by atoms with Gasteiger partial charge >= 0.3 is 0 Å². The lowest BCUT2D eigenvalue weighted by Gasteiger charge is -2.25. The predicted octanol–water partition coefficient (Wildman–Crippen LogP) is 2.95. The van der Waals surface area contributed by atoms with E-state index in [4.69, 9.17) is 17.3 Å². The van der Waals surface area contributed by atoms with E-state index >= 15 is 0 Å². The second-order valence-corrected chi connectivity index (χ2v) is 5.86. The average Bonchev–Trinajstić information content (AvgIpc) is 2.34. The van der Waals surface area contributed by atoms with E-state index in [-0.39, 0.29) is 17.9 Å². The highest BCUT2D eigenvalue weighted by Crippen LogP contribution is 2.26. The topological polar surface area (TPSA) is 68.0 Å². The number of carbonyl (C=O) groups excluding carboxylic acids is 1. The summed E-state index contributed by atoms with van der Waals surface area (Å²) in [6.45, 7) is 0. The van der Waals surface area contributed by atoms with Gasteiger partial charge in [-0.3, -0.25) is 4.79 Å². The van der Waals surface area contributed by atoms with Crippen molar-refractivity contribution in [1.29, 1.82) is 0 Å². The number of nitrogens with two attached hydrogens (primary N) is 1. The smallest absolute Gasteiger partial charge is 0.228 e. The molecular formula is C12H15BrClN3O. The fourth-order valence-corrected chi connectivity index (χ4v) is 2.60. The molecule has 1 aliphatic carbocycles. The van der Waals surface area contributed by atoms with Crippen LogP contribution in [0, 0.1) is 5.92 Å². The summed E-state index contributed by atoms with van der Waals surface area (Å²) < 4.78 is 0.717. The molecule has 1 unspecified atom stereocenters. The zero-order valence-corrected chi connectivity index (χ0v) is 12.2. The second-order valence-electron chi connectivity index (χ2n) is 4.60. The molecule has 18 heavy (non-hydrogen) atoms. The normalized spacial score (nSPS) is 23.7. The van der Waals surface area contributed by atoms with Gasteiger partial charge in [0.25, 0.3) is 0 Å². The first-order valence-corrected chi connectivity index (χ1v) is 7.11. The molecule has 1 amide bonds. The Labute approximate surface area is 119 Å². The van der Waals surface area contributed by atoms with Crippen molar-refractivity contribution >= 4 is 39.3 Å². The quantitative estimate of drug-likeness (QED) is 0.875. The van der Waals surface area contributed by atoms with Crippen molar-refractivity contribution < 1.29 is 4.79 Å². The van der Waals surface area contributed by atoms with Crippen LogP contribution < -0.4 is 11.1 Å². The highest BCUT2D eigenvalue weighted by atomic mass is 79.9. The Bertz CT molecular complexity index is 455. The molecule has 3 N–H and O–H groups in total. The van der Waals surface area contributed by atoms with Crippen LogP contribution in [0.25, 0.3) is 0 Å². The van der Waals surface area contributed by atoms with Crippen molar-refractivity contribution in [2.75, 3.05) is 5.32 Å². The van der Waals surface area contributed by atoms with E-state index < -0.39 is 0 Å². The minimum absolute atomic E-state index is 0.00753. The number of halogens is 2. The van der Waals surface area contributed by atoms with E-state index in [0.29, 0.717) is 10.8 Å². The van der Waals surface area contributed by atoms with Gasteiger partial charge in [-0.05, 0) is 41.3 Å². The fourth-order valence-electron chi connectivity index (χ4n) is 2.18. The number of amides is 1. The molecule has 98 valence electrons. The lowest BCUT2D eigenvalue weighted by atomic mass is 9.85. The van der Waals surface area contributed by atoms with Gasteiger partial charge in [0.05, 0.1) is 5.02 Å². The largest absolute Gasteiger partial charge is 0.328 e. The maximum atomic E-state index is 12.1. The first kappa shape index (κ1) is 13.8. The number of rotatable bonds is 2.